The van der Waals surface area contributed by atoms with Gasteiger partial charge in [-0.2, -0.15) is 0 Å². The van der Waals surface area contributed by atoms with Gasteiger partial charge in [-0.1, -0.05) is 32.1 Å². The van der Waals surface area contributed by atoms with E-state index in [1.165, 1.54) is 38.3 Å². The molecule has 0 bridgehead atoms. The summed E-state index contributed by atoms with van der Waals surface area (Å²) >= 11 is 0. The van der Waals surface area contributed by atoms with Crippen LogP contribution in [0.1, 0.15) is 57.1 Å². The van der Waals surface area contributed by atoms with Crippen molar-refractivity contribution in [1.82, 2.24) is 9.88 Å². The maximum atomic E-state index is 11.1. The lowest BCUT2D eigenvalue weighted by Gasteiger charge is -2.32. The molecule has 0 radical (unpaired) electrons. The number of rotatable bonds is 5. The molecule has 1 aromatic rings. The average Bonchev–Trinajstić information content (AvgIpc) is 3.09. The number of hydrogen-bond donors (Lipinski definition) is 2. The highest BCUT2D eigenvalue weighted by atomic mass is 16.3. The number of aliphatic hydroxyl groups is 1. The Morgan fingerprint density at radius 3 is 2.44 bits per heavy atom. The van der Waals surface area contributed by atoms with Crippen molar-refractivity contribution in [2.75, 3.05) is 19.6 Å². The molecule has 4 nitrogen and oxygen atoms in total. The minimum Gasteiger partial charge on any atom is -0.506 e. The highest BCUT2D eigenvalue weighted by Crippen LogP contribution is 2.47. The second-order valence-electron chi connectivity index (χ2n) is 8.88. The Balaban J connectivity index is 1.25. The zero-order chi connectivity index (χ0) is 17.3. The van der Waals surface area contributed by atoms with Gasteiger partial charge in [-0.05, 0) is 49.1 Å². The van der Waals surface area contributed by atoms with Crippen molar-refractivity contribution in [3.8, 4) is 5.75 Å². The van der Waals surface area contributed by atoms with Crippen molar-refractivity contribution in [2.45, 2.75) is 63.4 Å². The molecule has 2 aliphatic carbocycles. The van der Waals surface area contributed by atoms with Crippen molar-refractivity contribution in [3.05, 3.63) is 24.0 Å². The number of likely N-dealkylation sites (tertiary alicyclic amines) is 1. The number of fused-ring (bicyclic) bond motifs is 1. The Morgan fingerprint density at radius 2 is 1.80 bits per heavy atom. The second kappa shape index (κ2) is 7.24. The highest BCUT2D eigenvalue weighted by molar-refractivity contribution is 5.18. The van der Waals surface area contributed by atoms with Gasteiger partial charge >= 0.3 is 0 Å². The molecule has 2 N–H and O–H groups in total. The predicted octanol–water partition coefficient (Wildman–Crippen LogP) is 3.37. The van der Waals surface area contributed by atoms with E-state index in [1.54, 1.807) is 6.07 Å². The maximum Gasteiger partial charge on any atom is 0.133 e. The van der Waals surface area contributed by atoms with E-state index in [-0.39, 0.29) is 11.4 Å². The predicted molar refractivity (Wildman–Crippen MR) is 98.4 cm³/mol. The molecule has 138 valence electrons. The van der Waals surface area contributed by atoms with Gasteiger partial charge in [0, 0.05) is 31.7 Å². The van der Waals surface area contributed by atoms with Gasteiger partial charge < -0.3 is 15.1 Å². The fourth-order valence-electron chi connectivity index (χ4n) is 5.67. The second-order valence-corrected chi connectivity index (χ2v) is 8.88. The minimum atomic E-state index is -0.373. The first-order chi connectivity index (χ1) is 12.1. The molecule has 3 fully saturated rings. The fourth-order valence-corrected chi connectivity index (χ4v) is 5.67. The molecule has 25 heavy (non-hydrogen) atoms. The monoisotopic (exact) mass is 344 g/mol. The summed E-state index contributed by atoms with van der Waals surface area (Å²) in [5.41, 5.74) is 0.672. The quantitative estimate of drug-likeness (QED) is 0.860. The molecule has 1 saturated heterocycles. The summed E-state index contributed by atoms with van der Waals surface area (Å²) in [7, 11) is 0. The van der Waals surface area contributed by atoms with Crippen LogP contribution in [0.2, 0.25) is 0 Å². The first-order valence-electron chi connectivity index (χ1n) is 10.2. The molecule has 2 atom stereocenters. The van der Waals surface area contributed by atoms with Gasteiger partial charge in [-0.25, -0.2) is 0 Å². The number of hydrogen-bond acceptors (Lipinski definition) is 4. The van der Waals surface area contributed by atoms with Crippen molar-refractivity contribution >= 4 is 0 Å². The van der Waals surface area contributed by atoms with E-state index in [2.05, 4.69) is 9.88 Å². The van der Waals surface area contributed by atoms with Gasteiger partial charge in [-0.15, -0.1) is 0 Å². The Labute approximate surface area is 151 Å². The molecule has 0 spiro atoms. The molecule has 2 unspecified atom stereocenters. The van der Waals surface area contributed by atoms with Crippen LogP contribution in [0.25, 0.3) is 0 Å². The van der Waals surface area contributed by atoms with Crippen molar-refractivity contribution in [3.63, 3.8) is 0 Å². The smallest absolute Gasteiger partial charge is 0.133 e. The molecular weight excluding hydrogens is 312 g/mol. The minimum absolute atomic E-state index is 0.233. The molecule has 0 aromatic carbocycles. The van der Waals surface area contributed by atoms with Gasteiger partial charge in [0.1, 0.15) is 5.75 Å². The molecule has 3 aliphatic rings. The highest BCUT2D eigenvalue weighted by Gasteiger charge is 2.48. The van der Waals surface area contributed by atoms with E-state index in [9.17, 15) is 10.2 Å². The molecule has 4 heteroatoms. The van der Waals surface area contributed by atoms with Crippen LogP contribution < -0.4 is 0 Å². The summed E-state index contributed by atoms with van der Waals surface area (Å²) in [5, 5.41) is 20.4. The van der Waals surface area contributed by atoms with E-state index in [0.717, 1.165) is 56.9 Å². The van der Waals surface area contributed by atoms with Gasteiger partial charge in [0.05, 0.1) is 11.8 Å². The van der Waals surface area contributed by atoms with Crippen LogP contribution >= 0.6 is 0 Å². The summed E-state index contributed by atoms with van der Waals surface area (Å²) in [4.78, 5) is 6.83. The first-order valence-corrected chi connectivity index (χ1v) is 10.2. The van der Waals surface area contributed by atoms with Gasteiger partial charge in [-0.3, -0.25) is 4.98 Å². The molecular formula is C21H32N2O2. The molecule has 1 aliphatic heterocycles. The zero-order valence-electron chi connectivity index (χ0n) is 15.2. The number of nitrogens with zero attached hydrogens (tertiary/aromatic N) is 2. The van der Waals surface area contributed by atoms with Crippen LogP contribution in [0.15, 0.2) is 18.3 Å². The lowest BCUT2D eigenvalue weighted by Crippen LogP contribution is -2.33. The van der Waals surface area contributed by atoms with E-state index < -0.39 is 0 Å². The Hall–Kier alpha value is -1.13. The SMILES string of the molecule is Oc1ccc(CCN2CC3CC(O)(CC4CCCCC4)CC3C2)nc1. The summed E-state index contributed by atoms with van der Waals surface area (Å²) < 4.78 is 0. The number of pyridine rings is 1. The van der Waals surface area contributed by atoms with E-state index in [0.29, 0.717) is 11.8 Å². The van der Waals surface area contributed by atoms with Crippen LogP contribution in [-0.4, -0.2) is 45.3 Å². The zero-order valence-corrected chi connectivity index (χ0v) is 15.2. The summed E-state index contributed by atoms with van der Waals surface area (Å²) in [6.45, 7) is 3.30. The average molecular weight is 344 g/mol. The lowest BCUT2D eigenvalue weighted by molar-refractivity contribution is 0.00606. The summed E-state index contributed by atoms with van der Waals surface area (Å²) in [6, 6.07) is 3.63. The standard InChI is InChI=1S/C21H32N2O2/c24-20-7-6-19(22-13-20)8-9-23-14-17-11-21(25,12-18(17)15-23)10-16-4-2-1-3-5-16/h6-7,13,16-18,24-25H,1-5,8-12,14-15H2. The van der Waals surface area contributed by atoms with Crippen LogP contribution in [0.5, 0.6) is 5.75 Å². The van der Waals surface area contributed by atoms with E-state index in [1.807, 2.05) is 6.07 Å². The normalized spacial score (nSPS) is 33.6. The Kier molecular flexibility index (Phi) is 5.01. The van der Waals surface area contributed by atoms with E-state index in [4.69, 9.17) is 0 Å². The van der Waals surface area contributed by atoms with Crippen LogP contribution in [0, 0.1) is 17.8 Å². The fraction of sp³-hybridized carbons (Fsp3) is 0.762. The molecule has 0 amide bonds. The molecule has 4 rings (SSSR count). The summed E-state index contributed by atoms with van der Waals surface area (Å²) in [5.74, 6) is 2.37. The van der Waals surface area contributed by atoms with Crippen molar-refractivity contribution in [2.24, 2.45) is 17.8 Å². The number of aromatic hydroxyl groups is 1. The van der Waals surface area contributed by atoms with Crippen LogP contribution in [-0.2, 0) is 6.42 Å². The Morgan fingerprint density at radius 1 is 1.08 bits per heavy atom. The van der Waals surface area contributed by atoms with Crippen molar-refractivity contribution < 1.29 is 10.2 Å². The van der Waals surface area contributed by atoms with Gasteiger partial charge in [0.25, 0.3) is 0 Å². The lowest BCUT2D eigenvalue weighted by atomic mass is 9.79. The van der Waals surface area contributed by atoms with Gasteiger partial charge in [0.15, 0.2) is 0 Å². The third kappa shape index (κ3) is 4.17. The Bertz CT molecular complexity index is 554. The topological polar surface area (TPSA) is 56.6 Å². The molecule has 2 heterocycles. The molecule has 2 saturated carbocycles. The van der Waals surface area contributed by atoms with Gasteiger partial charge in [0.2, 0.25) is 0 Å². The van der Waals surface area contributed by atoms with Crippen LogP contribution in [0.3, 0.4) is 0 Å². The third-order valence-corrected chi connectivity index (χ3v) is 6.82. The maximum absolute atomic E-state index is 11.1. The molecule has 1 aromatic heterocycles. The summed E-state index contributed by atoms with van der Waals surface area (Å²) in [6.07, 6.45) is 12.4. The van der Waals surface area contributed by atoms with E-state index >= 15 is 0 Å². The van der Waals surface area contributed by atoms with Crippen LogP contribution in [0.4, 0.5) is 0 Å². The van der Waals surface area contributed by atoms with Crippen molar-refractivity contribution in [1.29, 1.82) is 0 Å². The third-order valence-electron chi connectivity index (χ3n) is 6.82. The largest absolute Gasteiger partial charge is 0.506 e. The number of aromatic nitrogens is 1. The first kappa shape index (κ1) is 17.3.